The highest BCUT2D eigenvalue weighted by Crippen LogP contribution is 2.37. The molecule has 1 fully saturated rings. The number of nitrogens with one attached hydrogen (secondary N) is 2. The SMILES string of the molecule is COc1cc(/C=C2\C(=O)NC(=O)N(c3cc(Cl)ccc3C)C2=O)cc(Cl)c1OCC(=O)Nc1ccc(C)c(C)c1. The number of halogens is 2. The zero-order valence-corrected chi connectivity index (χ0v) is 23.6. The molecule has 11 heteroatoms. The topological polar surface area (TPSA) is 114 Å². The molecule has 0 radical (unpaired) electrons. The molecule has 2 N–H and O–H groups in total. The van der Waals surface area contributed by atoms with E-state index >= 15 is 0 Å². The molecule has 0 saturated carbocycles. The standard InChI is InChI=1S/C29H25Cl2N3O6/c1-15-6-8-20(9-17(15)3)32-25(35)14-40-26-22(31)11-18(12-24(26)39-4)10-21-27(36)33-29(38)34(28(21)37)23-13-19(30)7-5-16(23)2/h5-13H,14H2,1-4H3,(H,32,35)(H,33,36,38)/b21-10+. The predicted octanol–water partition coefficient (Wildman–Crippen LogP) is 5.61. The Bertz CT molecular complexity index is 1580. The number of methoxy groups -OCH3 is 1. The molecule has 1 aliphatic rings. The molecule has 0 spiro atoms. The lowest BCUT2D eigenvalue weighted by atomic mass is 10.1. The van der Waals surface area contributed by atoms with E-state index in [-0.39, 0.29) is 34.4 Å². The first-order valence-corrected chi connectivity index (χ1v) is 12.8. The Labute approximate surface area is 240 Å². The smallest absolute Gasteiger partial charge is 0.335 e. The minimum atomic E-state index is -0.893. The second-order valence-corrected chi connectivity index (χ2v) is 9.90. The molecule has 0 bridgehead atoms. The zero-order valence-electron chi connectivity index (χ0n) is 22.1. The summed E-state index contributed by atoms with van der Waals surface area (Å²) in [6.07, 6.45) is 1.28. The molecule has 0 unspecified atom stereocenters. The number of urea groups is 1. The van der Waals surface area contributed by atoms with Gasteiger partial charge >= 0.3 is 6.03 Å². The van der Waals surface area contributed by atoms with Gasteiger partial charge in [-0.15, -0.1) is 0 Å². The Hall–Kier alpha value is -4.34. The van der Waals surface area contributed by atoms with E-state index in [2.05, 4.69) is 10.6 Å². The average Bonchev–Trinajstić information content (AvgIpc) is 2.89. The first-order valence-electron chi connectivity index (χ1n) is 12.0. The summed E-state index contributed by atoms with van der Waals surface area (Å²) in [6.45, 7) is 5.28. The summed E-state index contributed by atoms with van der Waals surface area (Å²) >= 11 is 12.5. The van der Waals surface area contributed by atoms with E-state index in [4.69, 9.17) is 32.7 Å². The Morgan fingerprint density at radius 2 is 1.70 bits per heavy atom. The van der Waals surface area contributed by atoms with Gasteiger partial charge in [0.1, 0.15) is 5.57 Å². The van der Waals surface area contributed by atoms with Gasteiger partial charge in [-0.05, 0) is 85.5 Å². The number of aryl methyl sites for hydroxylation is 3. The molecule has 1 saturated heterocycles. The number of imide groups is 2. The van der Waals surface area contributed by atoms with Crippen LogP contribution in [0.5, 0.6) is 11.5 Å². The summed E-state index contributed by atoms with van der Waals surface area (Å²) in [7, 11) is 1.38. The number of benzene rings is 3. The third-order valence-corrected chi connectivity index (χ3v) is 6.73. The lowest BCUT2D eigenvalue weighted by Crippen LogP contribution is -2.54. The van der Waals surface area contributed by atoms with Crippen molar-refractivity contribution >= 4 is 64.4 Å². The molecular formula is C29H25Cl2N3O6. The van der Waals surface area contributed by atoms with Gasteiger partial charge < -0.3 is 14.8 Å². The summed E-state index contributed by atoms with van der Waals surface area (Å²) in [5.41, 5.74) is 3.64. The maximum absolute atomic E-state index is 13.3. The molecule has 5 amide bonds. The molecule has 1 heterocycles. The van der Waals surface area contributed by atoms with Crippen LogP contribution < -0.4 is 25.0 Å². The fourth-order valence-electron chi connectivity index (χ4n) is 3.98. The van der Waals surface area contributed by atoms with Gasteiger partial charge in [0.15, 0.2) is 18.1 Å². The normalized spacial score (nSPS) is 14.3. The van der Waals surface area contributed by atoms with Gasteiger partial charge in [-0.25, -0.2) is 9.69 Å². The number of carbonyl (C=O) groups excluding carboxylic acids is 4. The van der Waals surface area contributed by atoms with E-state index in [0.29, 0.717) is 21.8 Å². The van der Waals surface area contributed by atoms with Gasteiger partial charge in [0.25, 0.3) is 17.7 Å². The van der Waals surface area contributed by atoms with Crippen molar-refractivity contribution in [2.75, 3.05) is 23.9 Å². The first-order chi connectivity index (χ1) is 19.0. The third kappa shape index (κ3) is 6.11. The molecular weight excluding hydrogens is 557 g/mol. The van der Waals surface area contributed by atoms with Crippen LogP contribution in [0.1, 0.15) is 22.3 Å². The Balaban J connectivity index is 1.57. The van der Waals surface area contributed by atoms with Gasteiger partial charge in [-0.1, -0.05) is 35.3 Å². The van der Waals surface area contributed by atoms with Crippen LogP contribution in [0.3, 0.4) is 0 Å². The van der Waals surface area contributed by atoms with Crippen LogP contribution in [0.2, 0.25) is 10.0 Å². The van der Waals surface area contributed by atoms with Crippen molar-refractivity contribution < 1.29 is 28.7 Å². The molecule has 1 aliphatic heterocycles. The van der Waals surface area contributed by atoms with Crippen molar-refractivity contribution in [3.8, 4) is 11.5 Å². The molecule has 0 aliphatic carbocycles. The predicted molar refractivity (Wildman–Crippen MR) is 153 cm³/mol. The summed E-state index contributed by atoms with van der Waals surface area (Å²) < 4.78 is 11.0. The van der Waals surface area contributed by atoms with Gasteiger partial charge in [-0.3, -0.25) is 19.7 Å². The monoisotopic (exact) mass is 581 g/mol. The lowest BCUT2D eigenvalue weighted by molar-refractivity contribution is -0.122. The van der Waals surface area contributed by atoms with Crippen molar-refractivity contribution in [3.05, 3.63) is 86.4 Å². The number of anilines is 2. The second kappa shape index (κ2) is 11.8. The molecule has 0 aromatic heterocycles. The van der Waals surface area contributed by atoms with E-state index in [9.17, 15) is 19.2 Å². The number of carbonyl (C=O) groups is 4. The minimum Gasteiger partial charge on any atom is -0.493 e. The summed E-state index contributed by atoms with van der Waals surface area (Å²) in [4.78, 5) is 51.8. The van der Waals surface area contributed by atoms with Crippen LogP contribution in [-0.2, 0) is 14.4 Å². The van der Waals surface area contributed by atoms with Crippen LogP contribution in [0.25, 0.3) is 6.08 Å². The van der Waals surface area contributed by atoms with Crippen molar-refractivity contribution in [1.82, 2.24) is 5.32 Å². The van der Waals surface area contributed by atoms with Gasteiger partial charge in [0.2, 0.25) is 0 Å². The van der Waals surface area contributed by atoms with E-state index in [1.54, 1.807) is 25.1 Å². The van der Waals surface area contributed by atoms with E-state index in [0.717, 1.165) is 16.0 Å². The van der Waals surface area contributed by atoms with E-state index < -0.39 is 23.8 Å². The largest absolute Gasteiger partial charge is 0.493 e. The summed E-state index contributed by atoms with van der Waals surface area (Å²) in [5, 5.41) is 5.33. The van der Waals surface area contributed by atoms with Crippen LogP contribution >= 0.6 is 23.2 Å². The van der Waals surface area contributed by atoms with Crippen molar-refractivity contribution in [1.29, 1.82) is 0 Å². The van der Waals surface area contributed by atoms with Gasteiger partial charge in [0.05, 0.1) is 17.8 Å². The molecule has 40 heavy (non-hydrogen) atoms. The molecule has 0 atom stereocenters. The number of rotatable bonds is 7. The third-order valence-electron chi connectivity index (χ3n) is 6.21. The number of amides is 5. The first kappa shape index (κ1) is 28.7. The Morgan fingerprint density at radius 1 is 0.975 bits per heavy atom. The molecule has 3 aromatic rings. The van der Waals surface area contributed by atoms with Crippen LogP contribution in [-0.4, -0.2) is 37.5 Å². The van der Waals surface area contributed by atoms with E-state index in [1.165, 1.54) is 31.4 Å². The molecule has 206 valence electrons. The van der Waals surface area contributed by atoms with E-state index in [1.807, 2.05) is 26.0 Å². The highest BCUT2D eigenvalue weighted by molar-refractivity contribution is 6.40. The number of nitrogens with zero attached hydrogens (tertiary/aromatic N) is 1. The van der Waals surface area contributed by atoms with Gasteiger partial charge in [0, 0.05) is 10.7 Å². The maximum Gasteiger partial charge on any atom is 0.335 e. The average molecular weight is 582 g/mol. The molecule has 9 nitrogen and oxygen atoms in total. The van der Waals surface area contributed by atoms with Crippen LogP contribution in [0.15, 0.2) is 54.1 Å². The summed E-state index contributed by atoms with van der Waals surface area (Å²) in [5.74, 6) is -1.84. The van der Waals surface area contributed by atoms with Crippen LogP contribution in [0, 0.1) is 20.8 Å². The highest BCUT2D eigenvalue weighted by atomic mass is 35.5. The Kier molecular flexibility index (Phi) is 8.46. The Morgan fingerprint density at radius 3 is 2.40 bits per heavy atom. The highest BCUT2D eigenvalue weighted by Gasteiger charge is 2.37. The van der Waals surface area contributed by atoms with Crippen molar-refractivity contribution in [2.24, 2.45) is 0 Å². The quantitative estimate of drug-likeness (QED) is 0.277. The fraction of sp³-hybridized carbons (Fsp3) is 0.172. The number of hydrogen-bond acceptors (Lipinski definition) is 6. The number of ether oxygens (including phenoxy) is 2. The maximum atomic E-state index is 13.3. The fourth-order valence-corrected chi connectivity index (χ4v) is 4.42. The van der Waals surface area contributed by atoms with Crippen molar-refractivity contribution in [3.63, 3.8) is 0 Å². The summed E-state index contributed by atoms with van der Waals surface area (Å²) in [6, 6.07) is 12.3. The van der Waals surface area contributed by atoms with Crippen LogP contribution in [0.4, 0.5) is 16.2 Å². The molecule has 3 aromatic carbocycles. The minimum absolute atomic E-state index is 0.0764. The zero-order chi connectivity index (χ0) is 29.1. The lowest BCUT2D eigenvalue weighted by Gasteiger charge is -2.27. The number of barbiturate groups is 1. The molecule has 4 rings (SSSR count). The van der Waals surface area contributed by atoms with Gasteiger partial charge in [-0.2, -0.15) is 0 Å². The van der Waals surface area contributed by atoms with Crippen molar-refractivity contribution in [2.45, 2.75) is 20.8 Å². The second-order valence-electron chi connectivity index (χ2n) is 9.06. The number of hydrogen-bond donors (Lipinski definition) is 2.